The van der Waals surface area contributed by atoms with Crippen molar-refractivity contribution < 1.29 is 19.0 Å². The molecule has 1 aromatic carbocycles. The summed E-state index contributed by atoms with van der Waals surface area (Å²) >= 11 is 0. The van der Waals surface area contributed by atoms with Gasteiger partial charge in [0.05, 0.1) is 22.6 Å². The normalized spacial score (nSPS) is 36.4. The van der Waals surface area contributed by atoms with Gasteiger partial charge in [0.25, 0.3) is 0 Å². The number of rotatable bonds is 3. The first-order chi connectivity index (χ1) is 11.4. The van der Waals surface area contributed by atoms with Crippen molar-refractivity contribution in [2.24, 2.45) is 17.3 Å². The Bertz CT molecular complexity index is 725. The summed E-state index contributed by atoms with van der Waals surface area (Å²) in [5.41, 5.74) is -0.783. The van der Waals surface area contributed by atoms with Crippen LogP contribution in [0.3, 0.4) is 0 Å². The molecule has 4 aliphatic carbocycles. The van der Waals surface area contributed by atoms with Crippen LogP contribution < -0.4 is 0 Å². The van der Waals surface area contributed by atoms with Crippen LogP contribution >= 0.6 is 0 Å². The van der Waals surface area contributed by atoms with Crippen LogP contribution in [0.25, 0.3) is 0 Å². The molecule has 0 saturated heterocycles. The van der Waals surface area contributed by atoms with Gasteiger partial charge in [0.1, 0.15) is 12.4 Å². The molecule has 2 atom stereocenters. The van der Waals surface area contributed by atoms with Crippen molar-refractivity contribution in [3.8, 4) is 6.07 Å². The van der Waals surface area contributed by atoms with Crippen LogP contribution in [0, 0.1) is 34.4 Å². The second-order valence-corrected chi connectivity index (χ2v) is 7.96. The molecule has 0 unspecified atom stereocenters. The van der Waals surface area contributed by atoms with Crippen molar-refractivity contribution in [2.45, 2.75) is 50.7 Å². The lowest BCUT2D eigenvalue weighted by atomic mass is 9.48. The van der Waals surface area contributed by atoms with E-state index in [-0.39, 0.29) is 18.1 Å². The number of esters is 1. The predicted molar refractivity (Wildman–Crippen MR) is 83.0 cm³/mol. The van der Waals surface area contributed by atoms with Gasteiger partial charge in [0.15, 0.2) is 0 Å². The van der Waals surface area contributed by atoms with E-state index in [1.807, 2.05) is 6.07 Å². The van der Waals surface area contributed by atoms with E-state index in [0.29, 0.717) is 23.8 Å². The van der Waals surface area contributed by atoms with Crippen LogP contribution in [0.2, 0.25) is 0 Å². The molecule has 4 nitrogen and oxygen atoms in total. The second-order valence-electron chi connectivity index (χ2n) is 7.96. The fraction of sp³-hybridized carbons (Fsp3) is 0.579. The molecule has 4 bridgehead atoms. The first-order valence-electron chi connectivity index (χ1n) is 8.50. The van der Waals surface area contributed by atoms with E-state index < -0.39 is 16.8 Å². The highest BCUT2D eigenvalue weighted by atomic mass is 19.1. The summed E-state index contributed by atoms with van der Waals surface area (Å²) in [6, 6.07) is 5.98. The van der Waals surface area contributed by atoms with E-state index in [2.05, 4.69) is 0 Å². The quantitative estimate of drug-likeness (QED) is 0.865. The number of aliphatic hydroxyl groups is 1. The topological polar surface area (TPSA) is 70.3 Å². The maximum absolute atomic E-state index is 13.8. The van der Waals surface area contributed by atoms with Crippen molar-refractivity contribution in [2.75, 3.05) is 0 Å². The molecule has 0 amide bonds. The summed E-state index contributed by atoms with van der Waals surface area (Å²) in [5, 5.41) is 19.6. The van der Waals surface area contributed by atoms with Gasteiger partial charge in [-0.3, -0.25) is 4.79 Å². The number of benzene rings is 1. The molecule has 4 saturated carbocycles. The molecule has 5 heteroatoms. The summed E-state index contributed by atoms with van der Waals surface area (Å²) in [7, 11) is 0. The Morgan fingerprint density at radius 2 is 2.04 bits per heavy atom. The fourth-order valence-corrected chi connectivity index (χ4v) is 5.50. The first kappa shape index (κ1) is 15.6. The van der Waals surface area contributed by atoms with Crippen LogP contribution in [0.15, 0.2) is 18.2 Å². The van der Waals surface area contributed by atoms with Crippen molar-refractivity contribution in [1.29, 1.82) is 5.26 Å². The summed E-state index contributed by atoms with van der Waals surface area (Å²) in [6.07, 6.45) is 4.67. The second kappa shape index (κ2) is 5.29. The molecule has 0 radical (unpaired) electrons. The highest BCUT2D eigenvalue weighted by Crippen LogP contribution is 2.62. The zero-order valence-electron chi connectivity index (χ0n) is 13.4. The van der Waals surface area contributed by atoms with Crippen LogP contribution in [0.1, 0.15) is 49.7 Å². The molecule has 4 aliphatic rings. The van der Waals surface area contributed by atoms with Crippen LogP contribution in [-0.4, -0.2) is 16.7 Å². The average Bonchev–Trinajstić information content (AvgIpc) is 2.51. The Morgan fingerprint density at radius 3 is 2.67 bits per heavy atom. The van der Waals surface area contributed by atoms with Crippen LogP contribution in [-0.2, 0) is 16.1 Å². The van der Waals surface area contributed by atoms with Gasteiger partial charge in [-0.2, -0.15) is 5.26 Å². The average molecular weight is 329 g/mol. The third-order valence-electron chi connectivity index (χ3n) is 6.00. The van der Waals surface area contributed by atoms with Gasteiger partial charge in [0, 0.05) is 5.56 Å². The van der Waals surface area contributed by atoms with Crippen molar-refractivity contribution in [1.82, 2.24) is 0 Å². The first-order valence-corrected chi connectivity index (χ1v) is 8.50. The van der Waals surface area contributed by atoms with Crippen LogP contribution in [0.4, 0.5) is 4.39 Å². The minimum absolute atomic E-state index is 0.171. The number of ether oxygens (including phenoxy) is 1. The molecule has 5 rings (SSSR count). The standard InChI is InChI=1S/C19H20FNO3/c20-16-2-1-12(9-21)4-15(16)10-24-17(22)18-5-13-3-14(6-18)8-19(23,7-13)11-18/h1-2,4,13-14,23H,3,5-8,10-11H2/t13-,14-,18?,19?/m1/s1. The maximum Gasteiger partial charge on any atom is 0.312 e. The molecule has 126 valence electrons. The largest absolute Gasteiger partial charge is 0.460 e. The third-order valence-corrected chi connectivity index (χ3v) is 6.00. The Kier molecular flexibility index (Phi) is 3.43. The Labute approximate surface area is 140 Å². The minimum atomic E-state index is -0.727. The monoisotopic (exact) mass is 329 g/mol. The van der Waals surface area contributed by atoms with Crippen LogP contribution in [0.5, 0.6) is 0 Å². The van der Waals surface area contributed by atoms with E-state index in [1.54, 1.807) is 0 Å². The van der Waals surface area contributed by atoms with Gasteiger partial charge >= 0.3 is 5.97 Å². The number of hydrogen-bond donors (Lipinski definition) is 1. The summed E-state index contributed by atoms with van der Waals surface area (Å²) < 4.78 is 19.3. The molecule has 0 aromatic heterocycles. The molecule has 24 heavy (non-hydrogen) atoms. The van der Waals surface area contributed by atoms with Gasteiger partial charge in [-0.15, -0.1) is 0 Å². The molecular weight excluding hydrogens is 309 g/mol. The predicted octanol–water partition coefficient (Wildman–Crippen LogP) is 3.07. The van der Waals surface area contributed by atoms with Gasteiger partial charge in [-0.25, -0.2) is 4.39 Å². The number of carbonyl (C=O) groups excluding carboxylic acids is 1. The minimum Gasteiger partial charge on any atom is -0.460 e. The third kappa shape index (κ3) is 2.50. The SMILES string of the molecule is N#Cc1ccc(F)c(COC(=O)C23C[C@H]4C[C@@H](CC(O)(C4)C2)C3)c1. The van der Waals surface area contributed by atoms with E-state index in [1.165, 1.54) is 18.2 Å². The highest BCUT2D eigenvalue weighted by molar-refractivity contribution is 5.77. The van der Waals surface area contributed by atoms with Crippen molar-refractivity contribution in [3.63, 3.8) is 0 Å². The molecule has 1 N–H and O–H groups in total. The zero-order valence-corrected chi connectivity index (χ0v) is 13.4. The van der Waals surface area contributed by atoms with Crippen molar-refractivity contribution >= 4 is 5.97 Å². The summed E-state index contributed by atoms with van der Waals surface area (Å²) in [5.74, 6) is -0.0207. The zero-order chi connectivity index (χ0) is 16.9. The van der Waals surface area contributed by atoms with E-state index in [4.69, 9.17) is 10.00 Å². The lowest BCUT2D eigenvalue weighted by Gasteiger charge is -2.58. The Morgan fingerprint density at radius 1 is 1.33 bits per heavy atom. The van der Waals surface area contributed by atoms with Gasteiger partial charge in [-0.05, 0) is 68.6 Å². The molecule has 0 spiro atoms. The number of hydrogen-bond acceptors (Lipinski definition) is 4. The summed E-state index contributed by atoms with van der Waals surface area (Å²) in [4.78, 5) is 12.8. The van der Waals surface area contributed by atoms with Crippen molar-refractivity contribution in [3.05, 3.63) is 35.1 Å². The summed E-state index contributed by atoms with van der Waals surface area (Å²) in [6.45, 7) is -0.171. The fourth-order valence-electron chi connectivity index (χ4n) is 5.50. The number of nitriles is 1. The molecular formula is C19H20FNO3. The molecule has 1 aromatic rings. The van der Waals surface area contributed by atoms with E-state index in [9.17, 15) is 14.3 Å². The highest BCUT2D eigenvalue weighted by Gasteiger charge is 2.60. The smallest absolute Gasteiger partial charge is 0.312 e. The number of nitrogens with zero attached hydrogens (tertiary/aromatic N) is 1. The molecule has 4 fully saturated rings. The van der Waals surface area contributed by atoms with Gasteiger partial charge in [0.2, 0.25) is 0 Å². The lowest BCUT2D eigenvalue weighted by molar-refractivity contribution is -0.197. The van der Waals surface area contributed by atoms with E-state index in [0.717, 1.165) is 32.1 Å². The lowest BCUT2D eigenvalue weighted by Crippen LogP contribution is -2.58. The van der Waals surface area contributed by atoms with Gasteiger partial charge < -0.3 is 9.84 Å². The van der Waals surface area contributed by atoms with Gasteiger partial charge in [-0.1, -0.05) is 0 Å². The Balaban J connectivity index is 1.50. The number of halogens is 1. The Hall–Kier alpha value is -1.93. The molecule has 0 heterocycles. The maximum atomic E-state index is 13.8. The number of carbonyl (C=O) groups is 1. The van der Waals surface area contributed by atoms with E-state index >= 15 is 0 Å². The molecule has 0 aliphatic heterocycles.